The van der Waals surface area contributed by atoms with Gasteiger partial charge in [-0.1, -0.05) is 139 Å². The van der Waals surface area contributed by atoms with Crippen LogP contribution in [0.5, 0.6) is 0 Å². The Labute approximate surface area is 203 Å². The predicted octanol–water partition coefficient (Wildman–Crippen LogP) is 8.95. The molecule has 0 saturated carbocycles. The first kappa shape index (κ1) is 29.4. The quantitative estimate of drug-likeness (QED) is 0.195. The summed E-state index contributed by atoms with van der Waals surface area (Å²) in [5, 5.41) is 0. The van der Waals surface area contributed by atoms with Crippen LogP contribution in [0.2, 0.25) is 0 Å². The summed E-state index contributed by atoms with van der Waals surface area (Å²) in [6, 6.07) is 17.2. The summed E-state index contributed by atoms with van der Waals surface area (Å²) in [6.45, 7) is 3.92. The Morgan fingerprint density at radius 1 is 0.606 bits per heavy atom. The van der Waals surface area contributed by atoms with Crippen LogP contribution in [0.15, 0.2) is 59.5 Å². The third-order valence-corrected chi connectivity index (χ3v) is 7.05. The third-order valence-electron chi connectivity index (χ3n) is 6.03. The first-order chi connectivity index (χ1) is 15.9. The van der Waals surface area contributed by atoms with Crippen LogP contribution >= 0.6 is 0 Å². The maximum atomic E-state index is 10.6. The monoisotopic (exact) mass is 474 g/mol. The van der Waals surface area contributed by atoms with Crippen LogP contribution < -0.4 is 0 Å². The van der Waals surface area contributed by atoms with Crippen LogP contribution in [0.3, 0.4) is 0 Å². The molecule has 3 nitrogen and oxygen atoms in total. The average molecular weight is 475 g/mol. The largest absolute Gasteiger partial charge is 0.294 e. The lowest BCUT2D eigenvalue weighted by Crippen LogP contribution is -1.99. The maximum Gasteiger partial charge on any atom is 0.294 e. The zero-order valence-corrected chi connectivity index (χ0v) is 21.8. The van der Waals surface area contributed by atoms with E-state index in [2.05, 4.69) is 37.3 Å². The van der Waals surface area contributed by atoms with Crippen molar-refractivity contribution in [2.75, 3.05) is 0 Å². The molecule has 0 aromatic heterocycles. The van der Waals surface area contributed by atoms with Gasteiger partial charge < -0.3 is 0 Å². The topological polar surface area (TPSA) is 54.4 Å². The number of hydrogen-bond acceptors (Lipinski definition) is 2. The molecule has 2 aromatic carbocycles. The smallest absolute Gasteiger partial charge is 0.282 e. The normalized spacial score (nSPS) is 11.1. The Bertz CT molecular complexity index is 816. The van der Waals surface area contributed by atoms with E-state index >= 15 is 0 Å². The minimum atomic E-state index is -4.03. The number of aryl methyl sites for hydroxylation is 2. The van der Waals surface area contributed by atoms with Crippen molar-refractivity contribution in [1.29, 1.82) is 0 Å². The van der Waals surface area contributed by atoms with E-state index in [1.54, 1.807) is 25.1 Å². The highest BCUT2D eigenvalue weighted by molar-refractivity contribution is 7.85. The van der Waals surface area contributed by atoms with Crippen LogP contribution in [0.1, 0.15) is 108 Å². The van der Waals surface area contributed by atoms with E-state index in [1.807, 2.05) is 0 Å². The molecule has 2 rings (SSSR count). The van der Waals surface area contributed by atoms with Gasteiger partial charge in [-0.3, -0.25) is 4.55 Å². The van der Waals surface area contributed by atoms with Gasteiger partial charge in [0.1, 0.15) is 0 Å². The Morgan fingerprint density at radius 2 is 1.03 bits per heavy atom. The van der Waals surface area contributed by atoms with Crippen molar-refractivity contribution in [2.24, 2.45) is 0 Å². The fraction of sp³-hybridized carbons (Fsp3) is 0.586. The van der Waals surface area contributed by atoms with Crippen molar-refractivity contribution < 1.29 is 13.0 Å². The summed E-state index contributed by atoms with van der Waals surface area (Å²) in [7, 11) is -4.03. The molecule has 0 aliphatic rings. The Balaban J connectivity index is 0.000000412. The van der Waals surface area contributed by atoms with Crippen LogP contribution in [-0.2, 0) is 16.5 Å². The summed E-state index contributed by atoms with van der Waals surface area (Å²) in [5.41, 5.74) is 2.05. The minimum Gasteiger partial charge on any atom is -0.282 e. The molecular formula is C29H46O3S. The van der Waals surface area contributed by atoms with Gasteiger partial charge in [0.2, 0.25) is 0 Å². The van der Waals surface area contributed by atoms with Crippen LogP contribution in [-0.4, -0.2) is 13.0 Å². The molecule has 0 bridgehead atoms. The standard InChI is InChI=1S/C22H38.C7H8O3S/c1-2-3-4-5-6-7-8-9-10-11-12-13-14-16-19-22-20-17-15-18-21-22;1-6-4-2-3-5-7(6)11(8,9)10/h15,17-18,20-21H,2-14,16,19H2,1H3;2-5H,1H3,(H,8,9,10). The molecule has 0 saturated heterocycles. The SMILES string of the molecule is CCCCCCCCCCCCCCCCc1ccccc1.Cc1ccccc1S(=O)(=O)O. The molecule has 0 heterocycles. The van der Waals surface area contributed by atoms with Crippen LogP contribution in [0.25, 0.3) is 0 Å². The van der Waals surface area contributed by atoms with E-state index in [9.17, 15) is 8.42 Å². The number of hydrogen-bond donors (Lipinski definition) is 1. The Hall–Kier alpha value is -1.65. The molecule has 2 aromatic rings. The average Bonchev–Trinajstić information content (AvgIpc) is 2.80. The zero-order valence-electron chi connectivity index (χ0n) is 21.0. The highest BCUT2D eigenvalue weighted by Gasteiger charge is 2.10. The zero-order chi connectivity index (χ0) is 24.2. The third kappa shape index (κ3) is 15.8. The molecule has 0 spiro atoms. The van der Waals surface area contributed by atoms with Crippen molar-refractivity contribution >= 4 is 10.1 Å². The van der Waals surface area contributed by atoms with Crippen LogP contribution in [0.4, 0.5) is 0 Å². The number of benzene rings is 2. The molecule has 0 amide bonds. The molecule has 0 atom stereocenters. The second kappa shape index (κ2) is 18.7. The van der Waals surface area contributed by atoms with Gasteiger partial charge in [-0.2, -0.15) is 8.42 Å². The minimum absolute atomic E-state index is 0.0278. The fourth-order valence-corrected chi connectivity index (χ4v) is 4.74. The summed E-state index contributed by atoms with van der Waals surface area (Å²) in [4.78, 5) is -0.0278. The van der Waals surface area contributed by atoms with E-state index in [0.717, 1.165) is 0 Å². The van der Waals surface area contributed by atoms with Crippen molar-refractivity contribution in [3.8, 4) is 0 Å². The van der Waals surface area contributed by atoms with E-state index in [4.69, 9.17) is 4.55 Å². The van der Waals surface area contributed by atoms with Gasteiger partial charge in [-0.15, -0.1) is 0 Å². The summed E-state index contributed by atoms with van der Waals surface area (Å²) < 4.78 is 29.9. The van der Waals surface area contributed by atoms with E-state index in [-0.39, 0.29) is 4.90 Å². The summed E-state index contributed by atoms with van der Waals surface area (Å²) >= 11 is 0. The van der Waals surface area contributed by atoms with Crippen molar-refractivity contribution in [3.05, 3.63) is 65.7 Å². The Kier molecular flexibility index (Phi) is 16.7. The molecular weight excluding hydrogens is 428 g/mol. The predicted molar refractivity (Wildman–Crippen MR) is 141 cm³/mol. The molecule has 0 fully saturated rings. The van der Waals surface area contributed by atoms with E-state index in [0.29, 0.717) is 5.56 Å². The fourth-order valence-electron chi connectivity index (χ4n) is 4.01. The second-order valence-corrected chi connectivity index (χ2v) is 10.5. The molecule has 186 valence electrons. The molecule has 1 N–H and O–H groups in total. The van der Waals surface area contributed by atoms with Gasteiger partial charge in [0, 0.05) is 0 Å². The van der Waals surface area contributed by atoms with Crippen molar-refractivity contribution in [1.82, 2.24) is 0 Å². The van der Waals surface area contributed by atoms with Gasteiger partial charge in [0.15, 0.2) is 0 Å². The van der Waals surface area contributed by atoms with Gasteiger partial charge in [0.05, 0.1) is 4.90 Å². The van der Waals surface area contributed by atoms with Gasteiger partial charge in [-0.05, 0) is 37.0 Å². The maximum absolute atomic E-state index is 10.6. The molecule has 0 aliphatic heterocycles. The number of unbranched alkanes of at least 4 members (excludes halogenated alkanes) is 13. The lowest BCUT2D eigenvalue weighted by molar-refractivity contribution is 0.482. The highest BCUT2D eigenvalue weighted by atomic mass is 32.2. The van der Waals surface area contributed by atoms with Crippen molar-refractivity contribution in [3.63, 3.8) is 0 Å². The van der Waals surface area contributed by atoms with E-state index < -0.39 is 10.1 Å². The number of rotatable bonds is 16. The Morgan fingerprint density at radius 3 is 1.45 bits per heavy atom. The molecule has 33 heavy (non-hydrogen) atoms. The summed E-state index contributed by atoms with van der Waals surface area (Å²) in [6.07, 6.45) is 21.5. The molecule has 0 radical (unpaired) electrons. The second-order valence-electron chi connectivity index (χ2n) is 9.07. The molecule has 0 unspecified atom stereocenters. The highest BCUT2D eigenvalue weighted by Crippen LogP contribution is 2.14. The van der Waals surface area contributed by atoms with Gasteiger partial charge in [-0.25, -0.2) is 0 Å². The first-order valence-corrected chi connectivity index (χ1v) is 14.5. The van der Waals surface area contributed by atoms with Gasteiger partial charge in [0.25, 0.3) is 10.1 Å². The summed E-state index contributed by atoms with van der Waals surface area (Å²) in [5.74, 6) is 0. The molecule has 4 heteroatoms. The van der Waals surface area contributed by atoms with E-state index in [1.165, 1.54) is 108 Å². The first-order valence-electron chi connectivity index (χ1n) is 13.0. The lowest BCUT2D eigenvalue weighted by Gasteiger charge is -2.03. The van der Waals surface area contributed by atoms with Crippen LogP contribution in [0, 0.1) is 6.92 Å². The lowest BCUT2D eigenvalue weighted by atomic mass is 10.0. The molecule has 0 aliphatic carbocycles. The van der Waals surface area contributed by atoms with Gasteiger partial charge >= 0.3 is 0 Å². The van der Waals surface area contributed by atoms with Crippen molar-refractivity contribution in [2.45, 2.75) is 115 Å².